The molecule has 16 heavy (non-hydrogen) atoms. The lowest BCUT2D eigenvalue weighted by molar-refractivity contribution is 0.452. The quantitative estimate of drug-likeness (QED) is 0.866. The first kappa shape index (κ1) is 10.1. The first-order valence-corrected chi connectivity index (χ1v) is 6.03. The van der Waals surface area contributed by atoms with Gasteiger partial charge in [-0.25, -0.2) is 0 Å². The highest BCUT2D eigenvalue weighted by atomic mass is 35.5. The fourth-order valence-corrected chi connectivity index (χ4v) is 2.51. The maximum absolute atomic E-state index is 6.10. The van der Waals surface area contributed by atoms with Crippen LogP contribution in [0, 0.1) is 5.92 Å². The number of nitrogens with one attached hydrogen (secondary N) is 1. The maximum Gasteiger partial charge on any atom is 0.111 e. The molecule has 1 saturated heterocycles. The number of aromatic nitrogens is 2. The Morgan fingerprint density at radius 1 is 1.50 bits per heavy atom. The SMILES string of the molecule is Clc1cccc2cn(CC3CCNC3)nc12. The molecular weight excluding hydrogens is 222 g/mol. The van der Waals surface area contributed by atoms with E-state index in [0.29, 0.717) is 5.92 Å². The van der Waals surface area contributed by atoms with Crippen LogP contribution in [0.25, 0.3) is 10.9 Å². The average Bonchev–Trinajstić information content (AvgIpc) is 2.88. The van der Waals surface area contributed by atoms with Gasteiger partial charge in [-0.1, -0.05) is 23.7 Å². The number of rotatable bonds is 2. The van der Waals surface area contributed by atoms with Gasteiger partial charge in [0.05, 0.1) is 5.02 Å². The standard InChI is InChI=1S/C12H14ClN3/c13-11-3-1-2-10-8-16(15-12(10)11)7-9-4-5-14-6-9/h1-3,8-9,14H,4-7H2. The largest absolute Gasteiger partial charge is 0.316 e. The molecule has 2 heterocycles. The smallest absolute Gasteiger partial charge is 0.111 e. The lowest BCUT2D eigenvalue weighted by Crippen LogP contribution is -2.14. The van der Waals surface area contributed by atoms with Crippen molar-refractivity contribution in [2.45, 2.75) is 13.0 Å². The molecule has 0 aliphatic carbocycles. The van der Waals surface area contributed by atoms with E-state index in [2.05, 4.69) is 22.7 Å². The van der Waals surface area contributed by atoms with Gasteiger partial charge < -0.3 is 5.32 Å². The predicted molar refractivity (Wildman–Crippen MR) is 65.7 cm³/mol. The molecule has 0 bridgehead atoms. The van der Waals surface area contributed by atoms with Gasteiger partial charge in [0.2, 0.25) is 0 Å². The van der Waals surface area contributed by atoms with Crippen molar-refractivity contribution in [3.63, 3.8) is 0 Å². The van der Waals surface area contributed by atoms with Gasteiger partial charge in [0.1, 0.15) is 5.52 Å². The van der Waals surface area contributed by atoms with Crippen LogP contribution in [0.1, 0.15) is 6.42 Å². The molecule has 1 aliphatic rings. The van der Waals surface area contributed by atoms with Gasteiger partial charge in [-0.2, -0.15) is 5.10 Å². The highest BCUT2D eigenvalue weighted by molar-refractivity contribution is 6.35. The zero-order chi connectivity index (χ0) is 11.0. The summed E-state index contributed by atoms with van der Waals surface area (Å²) in [5.74, 6) is 0.702. The van der Waals surface area contributed by atoms with Crippen molar-refractivity contribution < 1.29 is 0 Å². The van der Waals surface area contributed by atoms with Crippen LogP contribution in [-0.4, -0.2) is 22.9 Å². The Kier molecular flexibility index (Phi) is 2.58. The van der Waals surface area contributed by atoms with Crippen molar-refractivity contribution in [3.8, 4) is 0 Å². The van der Waals surface area contributed by atoms with E-state index in [1.807, 2.05) is 16.8 Å². The molecule has 1 aromatic heterocycles. The van der Waals surface area contributed by atoms with Crippen LogP contribution in [0.2, 0.25) is 5.02 Å². The molecular formula is C12H14ClN3. The van der Waals surface area contributed by atoms with Crippen LogP contribution in [0.3, 0.4) is 0 Å². The van der Waals surface area contributed by atoms with Crippen LogP contribution in [0.15, 0.2) is 24.4 Å². The van der Waals surface area contributed by atoms with Crippen LogP contribution in [0.5, 0.6) is 0 Å². The van der Waals surface area contributed by atoms with Crippen LogP contribution < -0.4 is 5.32 Å². The molecule has 4 heteroatoms. The third kappa shape index (κ3) is 1.81. The molecule has 1 fully saturated rings. The second kappa shape index (κ2) is 4.07. The number of hydrogen-bond donors (Lipinski definition) is 1. The van der Waals surface area contributed by atoms with E-state index in [9.17, 15) is 0 Å². The third-order valence-electron chi connectivity index (χ3n) is 3.14. The third-order valence-corrected chi connectivity index (χ3v) is 3.45. The van der Waals surface area contributed by atoms with Gasteiger partial charge in [0.25, 0.3) is 0 Å². The summed E-state index contributed by atoms with van der Waals surface area (Å²) in [5.41, 5.74) is 0.912. The van der Waals surface area contributed by atoms with E-state index in [-0.39, 0.29) is 0 Å². The van der Waals surface area contributed by atoms with Gasteiger partial charge in [-0.3, -0.25) is 4.68 Å². The lowest BCUT2D eigenvalue weighted by Gasteiger charge is -2.07. The monoisotopic (exact) mass is 235 g/mol. The summed E-state index contributed by atoms with van der Waals surface area (Å²) in [6, 6.07) is 5.91. The Morgan fingerprint density at radius 3 is 3.19 bits per heavy atom. The van der Waals surface area contributed by atoms with Crippen molar-refractivity contribution in [1.29, 1.82) is 0 Å². The molecule has 0 saturated carbocycles. The van der Waals surface area contributed by atoms with Gasteiger partial charge in [-0.05, 0) is 31.5 Å². The molecule has 2 aromatic rings. The van der Waals surface area contributed by atoms with Crippen molar-refractivity contribution in [2.24, 2.45) is 5.92 Å². The normalized spacial score (nSPS) is 20.7. The predicted octanol–water partition coefficient (Wildman–Crippen LogP) is 2.30. The Balaban J connectivity index is 1.90. The summed E-state index contributed by atoms with van der Waals surface area (Å²) in [7, 11) is 0. The molecule has 1 N–H and O–H groups in total. The van der Waals surface area contributed by atoms with E-state index in [0.717, 1.165) is 35.6 Å². The Bertz CT molecular complexity index is 500. The zero-order valence-corrected chi connectivity index (χ0v) is 9.74. The fraction of sp³-hybridized carbons (Fsp3) is 0.417. The second-order valence-corrected chi connectivity index (χ2v) is 4.79. The molecule has 1 aliphatic heterocycles. The zero-order valence-electron chi connectivity index (χ0n) is 8.99. The second-order valence-electron chi connectivity index (χ2n) is 4.39. The molecule has 3 rings (SSSR count). The Hall–Kier alpha value is -1.06. The first-order valence-electron chi connectivity index (χ1n) is 5.65. The van der Waals surface area contributed by atoms with Crippen molar-refractivity contribution in [2.75, 3.05) is 13.1 Å². The maximum atomic E-state index is 6.10. The summed E-state index contributed by atoms with van der Waals surface area (Å²) in [4.78, 5) is 0. The number of nitrogens with zero attached hydrogens (tertiary/aromatic N) is 2. The minimum absolute atomic E-state index is 0.702. The summed E-state index contributed by atoms with van der Waals surface area (Å²) in [5, 5.41) is 9.76. The van der Waals surface area contributed by atoms with E-state index < -0.39 is 0 Å². The molecule has 1 aromatic carbocycles. The minimum Gasteiger partial charge on any atom is -0.316 e. The van der Waals surface area contributed by atoms with E-state index in [1.165, 1.54) is 6.42 Å². The molecule has 1 atom stereocenters. The first-order chi connectivity index (χ1) is 7.83. The number of benzene rings is 1. The van der Waals surface area contributed by atoms with Crippen LogP contribution >= 0.6 is 11.6 Å². The van der Waals surface area contributed by atoms with Crippen LogP contribution in [-0.2, 0) is 6.54 Å². The minimum atomic E-state index is 0.702. The molecule has 84 valence electrons. The average molecular weight is 236 g/mol. The van der Waals surface area contributed by atoms with Gasteiger partial charge in [0, 0.05) is 18.1 Å². The molecule has 1 unspecified atom stereocenters. The number of halogens is 1. The summed E-state index contributed by atoms with van der Waals surface area (Å²) >= 11 is 6.10. The topological polar surface area (TPSA) is 29.9 Å². The highest BCUT2D eigenvalue weighted by Crippen LogP contribution is 2.22. The number of fused-ring (bicyclic) bond motifs is 1. The highest BCUT2D eigenvalue weighted by Gasteiger charge is 2.15. The summed E-state index contributed by atoms with van der Waals surface area (Å²) in [6.07, 6.45) is 3.32. The summed E-state index contributed by atoms with van der Waals surface area (Å²) < 4.78 is 2.02. The summed E-state index contributed by atoms with van der Waals surface area (Å²) in [6.45, 7) is 3.22. The molecule has 0 radical (unpaired) electrons. The van der Waals surface area contributed by atoms with Gasteiger partial charge >= 0.3 is 0 Å². The van der Waals surface area contributed by atoms with Crippen molar-refractivity contribution >= 4 is 22.5 Å². The molecule has 0 spiro atoms. The fourth-order valence-electron chi connectivity index (χ4n) is 2.29. The lowest BCUT2D eigenvalue weighted by atomic mass is 10.1. The molecule has 0 amide bonds. The van der Waals surface area contributed by atoms with Crippen molar-refractivity contribution in [3.05, 3.63) is 29.4 Å². The Morgan fingerprint density at radius 2 is 2.44 bits per heavy atom. The van der Waals surface area contributed by atoms with E-state index >= 15 is 0 Å². The van der Waals surface area contributed by atoms with Crippen molar-refractivity contribution in [1.82, 2.24) is 15.1 Å². The van der Waals surface area contributed by atoms with Crippen LogP contribution in [0.4, 0.5) is 0 Å². The van der Waals surface area contributed by atoms with E-state index in [1.54, 1.807) is 0 Å². The van der Waals surface area contributed by atoms with Gasteiger partial charge in [0.15, 0.2) is 0 Å². The van der Waals surface area contributed by atoms with Gasteiger partial charge in [-0.15, -0.1) is 0 Å². The molecule has 3 nitrogen and oxygen atoms in total. The van der Waals surface area contributed by atoms with E-state index in [4.69, 9.17) is 11.6 Å². The Labute approximate surface area is 99.4 Å². The number of hydrogen-bond acceptors (Lipinski definition) is 2.